The van der Waals surface area contributed by atoms with E-state index in [1.54, 1.807) is 6.07 Å². The summed E-state index contributed by atoms with van der Waals surface area (Å²) in [6, 6.07) is 5.65. The third kappa shape index (κ3) is 3.34. The third-order valence-electron chi connectivity index (χ3n) is 2.98. The summed E-state index contributed by atoms with van der Waals surface area (Å²) in [6.45, 7) is 3.46. The van der Waals surface area contributed by atoms with Crippen molar-refractivity contribution in [1.82, 2.24) is 10.2 Å². The smallest absolute Gasteiger partial charge is 0.261 e. The largest absolute Gasteiger partial charge is 0.483 e. The summed E-state index contributed by atoms with van der Waals surface area (Å²) in [5.41, 5.74) is 2.05. The topological polar surface area (TPSA) is 75.7 Å². The van der Waals surface area contributed by atoms with Crippen LogP contribution < -0.4 is 10.1 Å². The van der Waals surface area contributed by atoms with Gasteiger partial charge in [0.15, 0.2) is 6.61 Å². The van der Waals surface area contributed by atoms with Crippen LogP contribution in [-0.4, -0.2) is 42.3 Å². The molecule has 2 rings (SSSR count). The first kappa shape index (κ1) is 14.0. The molecule has 106 valence electrons. The van der Waals surface area contributed by atoms with E-state index < -0.39 is 11.8 Å². The monoisotopic (exact) mass is 276 g/mol. The summed E-state index contributed by atoms with van der Waals surface area (Å²) in [6.07, 6.45) is 0. The molecule has 6 heteroatoms. The van der Waals surface area contributed by atoms with Crippen molar-refractivity contribution in [2.75, 3.05) is 19.7 Å². The van der Waals surface area contributed by atoms with E-state index in [1.165, 1.54) is 4.90 Å². The Morgan fingerprint density at radius 2 is 1.90 bits per heavy atom. The number of carbonyl (C=O) groups excluding carboxylic acids is 3. The van der Waals surface area contributed by atoms with Crippen LogP contribution in [-0.2, 0) is 14.4 Å². The average Bonchev–Trinajstić information content (AvgIpc) is 2.36. The van der Waals surface area contributed by atoms with E-state index >= 15 is 0 Å². The zero-order chi connectivity index (χ0) is 14.7. The zero-order valence-corrected chi connectivity index (χ0v) is 11.4. The number of piperazine rings is 1. The van der Waals surface area contributed by atoms with Gasteiger partial charge < -0.3 is 9.64 Å². The van der Waals surface area contributed by atoms with Crippen LogP contribution in [0.5, 0.6) is 5.75 Å². The summed E-state index contributed by atoms with van der Waals surface area (Å²) >= 11 is 0. The van der Waals surface area contributed by atoms with Crippen molar-refractivity contribution >= 4 is 17.7 Å². The van der Waals surface area contributed by atoms with Gasteiger partial charge in [0.25, 0.3) is 5.91 Å². The molecule has 1 aromatic carbocycles. The van der Waals surface area contributed by atoms with Gasteiger partial charge in [-0.1, -0.05) is 17.7 Å². The molecule has 0 atom stereocenters. The quantitative estimate of drug-likeness (QED) is 0.798. The van der Waals surface area contributed by atoms with Gasteiger partial charge in [-0.3, -0.25) is 19.7 Å². The van der Waals surface area contributed by atoms with Crippen molar-refractivity contribution in [1.29, 1.82) is 0 Å². The Labute approximate surface area is 116 Å². The highest BCUT2D eigenvalue weighted by Gasteiger charge is 2.26. The molecule has 1 saturated heterocycles. The summed E-state index contributed by atoms with van der Waals surface area (Å²) in [5, 5.41) is 2.14. The molecular formula is C14H16N2O4. The Morgan fingerprint density at radius 1 is 1.25 bits per heavy atom. The number of imide groups is 1. The number of aryl methyl sites for hydroxylation is 2. The van der Waals surface area contributed by atoms with Crippen molar-refractivity contribution in [2.45, 2.75) is 13.8 Å². The number of hydrogen-bond acceptors (Lipinski definition) is 4. The molecule has 1 N–H and O–H groups in total. The van der Waals surface area contributed by atoms with E-state index in [9.17, 15) is 14.4 Å². The van der Waals surface area contributed by atoms with Crippen LogP contribution in [0.1, 0.15) is 11.1 Å². The predicted octanol–water partition coefficient (Wildman–Crippen LogP) is 0.167. The van der Waals surface area contributed by atoms with Crippen molar-refractivity contribution in [3.63, 3.8) is 0 Å². The lowest BCUT2D eigenvalue weighted by Gasteiger charge is -2.25. The van der Waals surface area contributed by atoms with Crippen LogP contribution >= 0.6 is 0 Å². The van der Waals surface area contributed by atoms with Gasteiger partial charge in [-0.15, -0.1) is 0 Å². The number of benzene rings is 1. The summed E-state index contributed by atoms with van der Waals surface area (Å²) in [5.74, 6) is -0.702. The van der Waals surface area contributed by atoms with Gasteiger partial charge in [0.05, 0.1) is 0 Å². The highest BCUT2D eigenvalue weighted by molar-refractivity contribution is 6.02. The second kappa shape index (κ2) is 5.73. The number of ether oxygens (including phenoxy) is 1. The lowest BCUT2D eigenvalue weighted by Crippen LogP contribution is -2.54. The molecule has 1 heterocycles. The summed E-state index contributed by atoms with van der Waals surface area (Å²) < 4.78 is 5.44. The van der Waals surface area contributed by atoms with E-state index in [0.717, 1.165) is 11.1 Å². The van der Waals surface area contributed by atoms with Crippen molar-refractivity contribution < 1.29 is 19.1 Å². The van der Waals surface area contributed by atoms with Crippen molar-refractivity contribution in [2.24, 2.45) is 0 Å². The molecule has 20 heavy (non-hydrogen) atoms. The molecule has 3 amide bonds. The molecule has 0 spiro atoms. The van der Waals surface area contributed by atoms with Crippen LogP contribution in [0.25, 0.3) is 0 Å². The molecule has 1 aromatic rings. The van der Waals surface area contributed by atoms with E-state index in [0.29, 0.717) is 5.75 Å². The van der Waals surface area contributed by atoms with E-state index in [-0.39, 0.29) is 25.6 Å². The highest BCUT2D eigenvalue weighted by Crippen LogP contribution is 2.18. The Bertz CT molecular complexity index is 552. The van der Waals surface area contributed by atoms with Gasteiger partial charge in [-0.2, -0.15) is 0 Å². The molecule has 1 aliphatic rings. The number of hydrogen-bond donors (Lipinski definition) is 1. The average molecular weight is 276 g/mol. The van der Waals surface area contributed by atoms with Crippen LogP contribution in [0.4, 0.5) is 0 Å². The lowest BCUT2D eigenvalue weighted by atomic mass is 10.1. The van der Waals surface area contributed by atoms with Gasteiger partial charge in [0.1, 0.15) is 18.8 Å². The maximum atomic E-state index is 11.9. The fraction of sp³-hybridized carbons (Fsp3) is 0.357. The van der Waals surface area contributed by atoms with Crippen molar-refractivity contribution in [3.05, 3.63) is 29.3 Å². The highest BCUT2D eigenvalue weighted by atomic mass is 16.5. The molecule has 0 radical (unpaired) electrons. The van der Waals surface area contributed by atoms with Crippen molar-refractivity contribution in [3.8, 4) is 5.75 Å². The Morgan fingerprint density at radius 3 is 2.50 bits per heavy atom. The third-order valence-corrected chi connectivity index (χ3v) is 2.98. The van der Waals surface area contributed by atoms with E-state index in [2.05, 4.69) is 5.32 Å². The van der Waals surface area contributed by atoms with Gasteiger partial charge in [-0.25, -0.2) is 0 Å². The van der Waals surface area contributed by atoms with E-state index in [1.807, 2.05) is 26.0 Å². The molecule has 1 fully saturated rings. The van der Waals surface area contributed by atoms with Crippen LogP contribution in [0, 0.1) is 13.8 Å². The first-order valence-corrected chi connectivity index (χ1v) is 6.26. The number of carbonyl (C=O) groups is 3. The first-order chi connectivity index (χ1) is 9.45. The molecule has 0 saturated carbocycles. The zero-order valence-electron chi connectivity index (χ0n) is 11.4. The number of nitrogens with zero attached hydrogens (tertiary/aromatic N) is 1. The van der Waals surface area contributed by atoms with Gasteiger partial charge >= 0.3 is 0 Å². The summed E-state index contributed by atoms with van der Waals surface area (Å²) in [7, 11) is 0. The second-order valence-electron chi connectivity index (χ2n) is 4.78. The van der Waals surface area contributed by atoms with Crippen LogP contribution in [0.15, 0.2) is 18.2 Å². The summed E-state index contributed by atoms with van der Waals surface area (Å²) in [4.78, 5) is 35.5. The fourth-order valence-corrected chi connectivity index (χ4v) is 2.01. The molecule has 6 nitrogen and oxygen atoms in total. The SMILES string of the molecule is Cc1ccc(OCC(=O)N2CC(=O)NC(=O)C2)c(C)c1. The Hall–Kier alpha value is -2.37. The second-order valence-corrected chi connectivity index (χ2v) is 4.78. The minimum Gasteiger partial charge on any atom is -0.483 e. The molecule has 0 bridgehead atoms. The number of amides is 3. The van der Waals surface area contributed by atoms with Crippen LogP contribution in [0.2, 0.25) is 0 Å². The normalized spacial score (nSPS) is 15.0. The standard InChI is InChI=1S/C14H16N2O4/c1-9-3-4-11(10(2)5-9)20-8-14(19)16-6-12(17)15-13(18)7-16/h3-5H,6-8H2,1-2H3,(H,15,17,18). The van der Waals surface area contributed by atoms with Gasteiger partial charge in [0, 0.05) is 0 Å². The van der Waals surface area contributed by atoms with Gasteiger partial charge in [0.2, 0.25) is 11.8 Å². The van der Waals surface area contributed by atoms with Crippen LogP contribution in [0.3, 0.4) is 0 Å². The minimum atomic E-state index is -0.471. The molecular weight excluding hydrogens is 260 g/mol. The predicted molar refractivity (Wildman–Crippen MR) is 71.1 cm³/mol. The maximum Gasteiger partial charge on any atom is 0.261 e. The minimum absolute atomic E-state index is 0.110. The van der Waals surface area contributed by atoms with E-state index in [4.69, 9.17) is 4.74 Å². The lowest BCUT2D eigenvalue weighted by molar-refractivity contribution is -0.146. The molecule has 0 aromatic heterocycles. The molecule has 0 unspecified atom stereocenters. The number of rotatable bonds is 3. The Balaban J connectivity index is 1.95. The van der Waals surface area contributed by atoms with Gasteiger partial charge in [-0.05, 0) is 25.5 Å². The Kier molecular flexibility index (Phi) is 4.02. The molecule has 0 aliphatic carbocycles. The molecule has 1 aliphatic heterocycles. The fourth-order valence-electron chi connectivity index (χ4n) is 2.01. The first-order valence-electron chi connectivity index (χ1n) is 6.26. The number of nitrogens with one attached hydrogen (secondary N) is 1. The maximum absolute atomic E-state index is 11.9.